The predicted molar refractivity (Wildman–Crippen MR) is 101 cm³/mol. The van der Waals surface area contributed by atoms with E-state index in [1.54, 1.807) is 13.8 Å². The number of furan rings is 1. The fourth-order valence-corrected chi connectivity index (χ4v) is 3.55. The molecule has 0 radical (unpaired) electrons. The quantitative estimate of drug-likeness (QED) is 0.667. The van der Waals surface area contributed by atoms with Crippen LogP contribution in [0, 0.1) is 13.8 Å². The second-order valence-electron chi connectivity index (χ2n) is 5.85. The number of carbonyl (C=O) groups excluding carboxylic acids is 2. The molecule has 1 amide bonds. The van der Waals surface area contributed by atoms with Crippen LogP contribution >= 0.6 is 11.3 Å². The third-order valence-corrected chi connectivity index (χ3v) is 5.15. The van der Waals surface area contributed by atoms with E-state index in [1.807, 2.05) is 25.1 Å². The first kappa shape index (κ1) is 18.1. The fraction of sp³-hybridized carbons (Fsp3) is 0.316. The maximum Gasteiger partial charge on any atom is 0.350 e. The number of fused-ring (bicyclic) bond motifs is 1. The van der Waals surface area contributed by atoms with Crippen molar-refractivity contribution in [3.05, 3.63) is 45.7 Å². The molecule has 0 spiro atoms. The lowest BCUT2D eigenvalue weighted by Crippen LogP contribution is -2.11. The Hall–Kier alpha value is -2.67. The lowest BCUT2D eigenvalue weighted by atomic mass is 10.1. The molecule has 0 aliphatic rings. The van der Waals surface area contributed by atoms with Crippen molar-refractivity contribution in [1.29, 1.82) is 0 Å². The summed E-state index contributed by atoms with van der Waals surface area (Å²) in [5.74, 6) is -0.574. The molecule has 7 heteroatoms. The number of amides is 1. The number of thiazole rings is 1. The molecule has 0 saturated carbocycles. The minimum Gasteiger partial charge on any atom is -0.462 e. The Morgan fingerprint density at radius 1 is 1.27 bits per heavy atom. The number of hydrogen-bond donors (Lipinski definition) is 1. The minimum atomic E-state index is -0.435. The van der Waals surface area contributed by atoms with Crippen LogP contribution in [0.4, 0.5) is 5.13 Å². The molecule has 0 fully saturated rings. The fourth-order valence-electron chi connectivity index (χ4n) is 2.69. The molecule has 0 aliphatic carbocycles. The first-order valence-electron chi connectivity index (χ1n) is 8.42. The van der Waals surface area contributed by atoms with Crippen molar-refractivity contribution in [1.82, 2.24) is 4.98 Å². The number of ether oxygens (including phenoxy) is 1. The highest BCUT2D eigenvalue weighted by Crippen LogP contribution is 2.28. The number of carbonyl (C=O) groups is 2. The van der Waals surface area contributed by atoms with Crippen LogP contribution < -0.4 is 5.32 Å². The maximum atomic E-state index is 12.6. The first-order chi connectivity index (χ1) is 12.4. The molecule has 0 atom stereocenters. The normalized spacial score (nSPS) is 10.9. The van der Waals surface area contributed by atoms with Gasteiger partial charge >= 0.3 is 5.97 Å². The van der Waals surface area contributed by atoms with Gasteiger partial charge in [0.25, 0.3) is 5.91 Å². The SMILES string of the molecule is CCOC(=O)c1sc(NC(=O)c2oc3ccc(CC)cc3c2C)nc1C. The standard InChI is InChI=1S/C19H20N2O4S/c1-5-12-7-8-14-13(9-12)10(3)15(25-14)17(22)21-19-20-11(4)16(26-19)18(23)24-6-2/h7-9H,5-6H2,1-4H3,(H,20,21,22). The molecule has 2 heterocycles. The zero-order chi connectivity index (χ0) is 18.8. The topological polar surface area (TPSA) is 81.4 Å². The molecule has 1 aromatic carbocycles. The van der Waals surface area contributed by atoms with Crippen LogP contribution in [-0.4, -0.2) is 23.5 Å². The number of anilines is 1. The van der Waals surface area contributed by atoms with Crippen molar-refractivity contribution in [2.75, 3.05) is 11.9 Å². The molecule has 6 nitrogen and oxygen atoms in total. The zero-order valence-electron chi connectivity index (χ0n) is 15.1. The molecule has 0 unspecified atom stereocenters. The van der Waals surface area contributed by atoms with Crippen molar-refractivity contribution in [3.63, 3.8) is 0 Å². The first-order valence-corrected chi connectivity index (χ1v) is 9.24. The van der Waals surface area contributed by atoms with Crippen molar-refractivity contribution in [2.24, 2.45) is 0 Å². The molecule has 0 aliphatic heterocycles. The molecule has 3 rings (SSSR count). The van der Waals surface area contributed by atoms with Crippen LogP contribution in [0.25, 0.3) is 11.0 Å². The van der Waals surface area contributed by atoms with Gasteiger partial charge in [-0.1, -0.05) is 24.3 Å². The van der Waals surface area contributed by atoms with E-state index >= 15 is 0 Å². The molecule has 1 N–H and O–H groups in total. The highest BCUT2D eigenvalue weighted by Gasteiger charge is 2.21. The van der Waals surface area contributed by atoms with Crippen LogP contribution in [0.1, 0.15) is 50.9 Å². The summed E-state index contributed by atoms with van der Waals surface area (Å²) in [7, 11) is 0. The van der Waals surface area contributed by atoms with Gasteiger partial charge in [0.2, 0.25) is 0 Å². The Labute approximate surface area is 155 Å². The van der Waals surface area contributed by atoms with E-state index in [-0.39, 0.29) is 18.3 Å². The number of nitrogens with zero attached hydrogens (tertiary/aromatic N) is 1. The van der Waals surface area contributed by atoms with Crippen LogP contribution in [0.2, 0.25) is 0 Å². The number of benzene rings is 1. The molecule has 2 aromatic heterocycles. The van der Waals surface area contributed by atoms with Gasteiger partial charge in [0.1, 0.15) is 10.5 Å². The van der Waals surface area contributed by atoms with Gasteiger partial charge in [-0.25, -0.2) is 9.78 Å². The van der Waals surface area contributed by atoms with E-state index in [0.717, 1.165) is 28.7 Å². The molecule has 26 heavy (non-hydrogen) atoms. The van der Waals surface area contributed by atoms with E-state index in [4.69, 9.17) is 9.15 Å². The lowest BCUT2D eigenvalue weighted by molar-refractivity contribution is 0.0531. The molecule has 0 bridgehead atoms. The minimum absolute atomic E-state index is 0.249. The van der Waals surface area contributed by atoms with Gasteiger partial charge in [-0.15, -0.1) is 0 Å². The second kappa shape index (κ2) is 7.29. The van der Waals surface area contributed by atoms with Crippen molar-refractivity contribution < 1.29 is 18.7 Å². The highest BCUT2D eigenvalue weighted by molar-refractivity contribution is 7.17. The molecule has 3 aromatic rings. The Morgan fingerprint density at radius 2 is 2.04 bits per heavy atom. The molecular formula is C19H20N2O4S. The predicted octanol–water partition coefficient (Wildman–Crippen LogP) is 4.50. The number of esters is 1. The zero-order valence-corrected chi connectivity index (χ0v) is 16.0. The molecule has 136 valence electrons. The van der Waals surface area contributed by atoms with Crippen molar-refractivity contribution in [3.8, 4) is 0 Å². The molecule has 0 saturated heterocycles. The van der Waals surface area contributed by atoms with Crippen LogP contribution in [0.15, 0.2) is 22.6 Å². The number of aryl methyl sites for hydroxylation is 3. The van der Waals surface area contributed by atoms with Crippen LogP contribution in [0.5, 0.6) is 0 Å². The Morgan fingerprint density at radius 3 is 2.73 bits per heavy atom. The van der Waals surface area contributed by atoms with Crippen LogP contribution in [-0.2, 0) is 11.2 Å². The Kier molecular flexibility index (Phi) is 5.08. The lowest BCUT2D eigenvalue weighted by Gasteiger charge is -1.99. The van der Waals surface area contributed by atoms with E-state index in [0.29, 0.717) is 21.3 Å². The van der Waals surface area contributed by atoms with Gasteiger partial charge in [-0.05, 0) is 44.9 Å². The third kappa shape index (κ3) is 3.35. The number of nitrogens with one attached hydrogen (secondary N) is 1. The summed E-state index contributed by atoms with van der Waals surface area (Å²) in [6.45, 7) is 7.67. The largest absolute Gasteiger partial charge is 0.462 e. The van der Waals surface area contributed by atoms with Gasteiger partial charge in [0.15, 0.2) is 10.9 Å². The van der Waals surface area contributed by atoms with Gasteiger partial charge in [0, 0.05) is 10.9 Å². The highest BCUT2D eigenvalue weighted by atomic mass is 32.1. The summed E-state index contributed by atoms with van der Waals surface area (Å²) < 4.78 is 10.7. The van der Waals surface area contributed by atoms with E-state index in [2.05, 4.69) is 17.2 Å². The second-order valence-corrected chi connectivity index (χ2v) is 6.85. The number of rotatable bonds is 5. The molecular weight excluding hydrogens is 352 g/mol. The van der Waals surface area contributed by atoms with Gasteiger partial charge in [-0.3, -0.25) is 10.1 Å². The number of aromatic nitrogens is 1. The summed E-state index contributed by atoms with van der Waals surface area (Å²) >= 11 is 1.09. The average Bonchev–Trinajstić information content (AvgIpc) is 3.15. The van der Waals surface area contributed by atoms with Crippen molar-refractivity contribution >= 4 is 39.3 Å². The van der Waals surface area contributed by atoms with E-state index in [9.17, 15) is 9.59 Å². The maximum absolute atomic E-state index is 12.6. The monoisotopic (exact) mass is 372 g/mol. The Bertz CT molecular complexity index is 987. The number of hydrogen-bond acceptors (Lipinski definition) is 6. The smallest absolute Gasteiger partial charge is 0.350 e. The van der Waals surface area contributed by atoms with Gasteiger partial charge in [0.05, 0.1) is 12.3 Å². The van der Waals surface area contributed by atoms with Crippen molar-refractivity contribution in [2.45, 2.75) is 34.1 Å². The van der Waals surface area contributed by atoms with Gasteiger partial charge in [-0.2, -0.15) is 0 Å². The average molecular weight is 372 g/mol. The van der Waals surface area contributed by atoms with E-state index < -0.39 is 5.97 Å². The van der Waals surface area contributed by atoms with Crippen LogP contribution in [0.3, 0.4) is 0 Å². The van der Waals surface area contributed by atoms with E-state index in [1.165, 1.54) is 5.56 Å². The summed E-state index contributed by atoms with van der Waals surface area (Å²) in [5, 5.41) is 3.98. The summed E-state index contributed by atoms with van der Waals surface area (Å²) in [5.41, 5.74) is 3.17. The summed E-state index contributed by atoms with van der Waals surface area (Å²) in [6.07, 6.45) is 0.914. The summed E-state index contributed by atoms with van der Waals surface area (Å²) in [6, 6.07) is 5.91. The Balaban J connectivity index is 1.87. The summed E-state index contributed by atoms with van der Waals surface area (Å²) in [4.78, 5) is 29.1. The third-order valence-electron chi connectivity index (χ3n) is 4.09. The van der Waals surface area contributed by atoms with Gasteiger partial charge < -0.3 is 9.15 Å².